The van der Waals surface area contributed by atoms with Crippen LogP contribution in [-0.2, 0) is 22.0 Å². The predicted molar refractivity (Wildman–Crippen MR) is 198 cm³/mol. The number of hydrogen-bond acceptors (Lipinski definition) is 7. The van der Waals surface area contributed by atoms with Crippen molar-refractivity contribution in [3.05, 3.63) is 29.3 Å². The summed E-state index contributed by atoms with van der Waals surface area (Å²) >= 11 is 0. The zero-order chi connectivity index (χ0) is 38.7. The van der Waals surface area contributed by atoms with Gasteiger partial charge in [0, 0.05) is 53.9 Å². The minimum atomic E-state index is -5.60. The molecule has 5 aliphatic rings. The fraction of sp³-hybridized carbons (Fsp3) is 0.825. The number of alkyl halides is 5. The first-order chi connectivity index (χ1) is 25.7. The van der Waals surface area contributed by atoms with Crippen molar-refractivity contribution in [2.75, 3.05) is 57.9 Å². The average molecular weight is 790 g/mol. The Labute approximate surface area is 319 Å². The molecule has 4 fully saturated rings. The first-order valence-corrected chi connectivity index (χ1v) is 21.7. The first-order valence-electron chi connectivity index (χ1n) is 20.2. The van der Waals surface area contributed by atoms with E-state index >= 15 is 0 Å². The van der Waals surface area contributed by atoms with E-state index in [9.17, 15) is 36.1 Å². The number of carbonyl (C=O) groups is 1. The van der Waals surface area contributed by atoms with Crippen LogP contribution in [0.15, 0.2) is 18.2 Å². The van der Waals surface area contributed by atoms with Crippen LogP contribution in [0.1, 0.15) is 101 Å². The van der Waals surface area contributed by atoms with Gasteiger partial charge < -0.3 is 29.7 Å². The molecule has 0 spiro atoms. The Kier molecular flexibility index (Phi) is 13.7. The summed E-state index contributed by atoms with van der Waals surface area (Å²) in [5.74, 6) is -2.95. The number of halogens is 5. The number of nitrogens with one attached hydrogen (secondary N) is 1. The SMILES string of the molecule is CN1CCC(N2CCC(NC(=O)Oc3ccc4c(c3)C[C@@H](CCCS(=O)CCCC(F)(F)C(F)(F)F)[C@@H]3[C@@H]4CC[C@]4(C)[C@@H](OCCO)CC[C@@H]34)CC2)CC1. The Morgan fingerprint density at radius 1 is 1.00 bits per heavy atom. The van der Waals surface area contributed by atoms with Gasteiger partial charge in [-0.05, 0) is 150 Å². The van der Waals surface area contributed by atoms with E-state index in [1.807, 2.05) is 12.1 Å². The molecule has 6 rings (SSSR count). The number of nitrogens with zero attached hydrogens (tertiary/aromatic N) is 2. The van der Waals surface area contributed by atoms with E-state index in [0.717, 1.165) is 83.1 Å². The maximum atomic E-state index is 13.4. The molecule has 306 valence electrons. The number of likely N-dealkylation sites (tertiary alicyclic amines) is 2. The lowest BCUT2D eigenvalue weighted by Gasteiger charge is -2.53. The number of amides is 1. The number of aliphatic hydroxyl groups is 1. The predicted octanol–water partition coefficient (Wildman–Crippen LogP) is 7.30. The van der Waals surface area contributed by atoms with Gasteiger partial charge in [0.15, 0.2) is 0 Å². The Hall–Kier alpha value is -1.87. The number of carbonyl (C=O) groups excluding carboxylic acids is 1. The van der Waals surface area contributed by atoms with E-state index < -0.39 is 41.8 Å². The summed E-state index contributed by atoms with van der Waals surface area (Å²) < 4.78 is 89.4. The minimum Gasteiger partial charge on any atom is -0.410 e. The molecule has 2 saturated carbocycles. The van der Waals surface area contributed by atoms with E-state index in [4.69, 9.17) is 9.47 Å². The summed E-state index contributed by atoms with van der Waals surface area (Å²) in [6.07, 6.45) is 2.36. The third kappa shape index (κ3) is 9.62. The van der Waals surface area contributed by atoms with Gasteiger partial charge in [-0.2, -0.15) is 22.0 Å². The van der Waals surface area contributed by atoms with Crippen molar-refractivity contribution in [3.63, 3.8) is 0 Å². The molecule has 2 heterocycles. The Morgan fingerprint density at radius 3 is 2.43 bits per heavy atom. The lowest BCUT2D eigenvalue weighted by atomic mass is 9.52. The molecular formula is C40H60F5N3O5S. The van der Waals surface area contributed by atoms with Crippen molar-refractivity contribution in [2.24, 2.45) is 23.2 Å². The van der Waals surface area contributed by atoms with Crippen LogP contribution in [0.4, 0.5) is 26.7 Å². The Bertz CT molecular complexity index is 1440. The number of fused-ring (bicyclic) bond motifs is 5. The molecule has 1 aromatic rings. The quantitative estimate of drug-likeness (QED) is 0.191. The van der Waals surface area contributed by atoms with Crippen molar-refractivity contribution >= 4 is 16.9 Å². The summed E-state index contributed by atoms with van der Waals surface area (Å²) in [6.45, 7) is 6.79. The molecule has 1 aromatic carbocycles. The molecule has 0 bridgehead atoms. The molecule has 0 radical (unpaired) electrons. The Balaban J connectivity index is 1.08. The Morgan fingerprint density at radius 2 is 1.72 bits per heavy atom. The van der Waals surface area contributed by atoms with E-state index in [2.05, 4.69) is 35.2 Å². The molecule has 3 aliphatic carbocycles. The molecule has 2 aliphatic heterocycles. The summed E-state index contributed by atoms with van der Waals surface area (Å²) in [7, 11) is 0.676. The van der Waals surface area contributed by atoms with Crippen LogP contribution in [0.3, 0.4) is 0 Å². The van der Waals surface area contributed by atoms with Gasteiger partial charge in [0.1, 0.15) is 5.75 Å². The second kappa shape index (κ2) is 17.7. The van der Waals surface area contributed by atoms with E-state index in [0.29, 0.717) is 42.6 Å². The van der Waals surface area contributed by atoms with Gasteiger partial charge in [0.2, 0.25) is 0 Å². The van der Waals surface area contributed by atoms with Gasteiger partial charge in [0.25, 0.3) is 0 Å². The molecule has 1 amide bonds. The van der Waals surface area contributed by atoms with Crippen molar-refractivity contribution in [1.29, 1.82) is 0 Å². The van der Waals surface area contributed by atoms with Crippen molar-refractivity contribution < 1.29 is 45.5 Å². The van der Waals surface area contributed by atoms with Gasteiger partial charge in [-0.15, -0.1) is 0 Å². The second-order valence-electron chi connectivity index (χ2n) is 17.0. The number of ether oxygens (including phenoxy) is 2. The highest BCUT2D eigenvalue weighted by molar-refractivity contribution is 7.84. The smallest absolute Gasteiger partial charge is 0.410 e. The van der Waals surface area contributed by atoms with Gasteiger partial charge in [-0.25, -0.2) is 4.79 Å². The third-order valence-electron chi connectivity index (χ3n) is 13.7. The summed E-state index contributed by atoms with van der Waals surface area (Å²) in [5, 5.41) is 12.6. The third-order valence-corrected chi connectivity index (χ3v) is 15.2. The second-order valence-corrected chi connectivity index (χ2v) is 18.7. The van der Waals surface area contributed by atoms with Crippen LogP contribution in [0, 0.1) is 23.2 Å². The maximum absolute atomic E-state index is 13.4. The van der Waals surface area contributed by atoms with Gasteiger partial charge in [-0.1, -0.05) is 13.0 Å². The molecule has 0 aromatic heterocycles. The van der Waals surface area contributed by atoms with Crippen LogP contribution in [0.25, 0.3) is 0 Å². The molecule has 8 nitrogen and oxygen atoms in total. The molecule has 14 heteroatoms. The fourth-order valence-corrected chi connectivity index (χ4v) is 12.0. The molecule has 1 unspecified atom stereocenters. The van der Waals surface area contributed by atoms with Gasteiger partial charge in [0.05, 0.1) is 19.3 Å². The zero-order valence-electron chi connectivity index (χ0n) is 31.9. The molecule has 2 saturated heterocycles. The zero-order valence-corrected chi connectivity index (χ0v) is 32.7. The van der Waals surface area contributed by atoms with Crippen molar-refractivity contribution in [3.8, 4) is 5.75 Å². The molecule has 7 atom stereocenters. The highest BCUT2D eigenvalue weighted by Crippen LogP contribution is 2.63. The maximum Gasteiger partial charge on any atom is 0.453 e. The van der Waals surface area contributed by atoms with Crippen LogP contribution >= 0.6 is 0 Å². The van der Waals surface area contributed by atoms with Crippen LogP contribution in [0.5, 0.6) is 5.75 Å². The van der Waals surface area contributed by atoms with Crippen LogP contribution < -0.4 is 10.1 Å². The monoisotopic (exact) mass is 789 g/mol. The standard InChI is InChI=1S/C40H60F5N3O5S/c1-38-16-10-33-32-7-6-31(53-37(50)46-29-11-19-48(20-12-29)30-13-17-47(2)18-14-30)26-28(32)25-27(36(33)34(38)8-9-35(38)52-22-21-49)5-3-23-54(51)24-4-15-39(41,42)40(43,44)45/h6-7,26-27,29-30,33-36,49H,3-5,8-25H2,1-2H3,(H,46,50)/t27-,33-,34+,35+,36-,38+,54?/m1/s1. The number of hydrogen-bond donors (Lipinski definition) is 2. The normalized spacial score (nSPS) is 30.7. The number of aliphatic hydroxyl groups excluding tert-OH is 1. The first kappa shape index (κ1) is 41.8. The summed E-state index contributed by atoms with van der Waals surface area (Å²) in [5.41, 5.74) is 2.38. The summed E-state index contributed by atoms with van der Waals surface area (Å²) in [4.78, 5) is 18.1. The van der Waals surface area contributed by atoms with Crippen molar-refractivity contribution in [1.82, 2.24) is 15.1 Å². The van der Waals surface area contributed by atoms with Crippen LogP contribution in [0.2, 0.25) is 0 Å². The fourth-order valence-electron chi connectivity index (χ4n) is 10.8. The molecule has 2 N–H and O–H groups in total. The van der Waals surface area contributed by atoms with Crippen LogP contribution in [-0.4, -0.2) is 113 Å². The highest BCUT2D eigenvalue weighted by Gasteiger charge is 2.58. The van der Waals surface area contributed by atoms with Gasteiger partial charge in [-0.3, -0.25) is 4.21 Å². The minimum absolute atomic E-state index is 0.0232. The lowest BCUT2D eigenvalue weighted by Crippen LogP contribution is -2.51. The summed E-state index contributed by atoms with van der Waals surface area (Å²) in [6, 6.07) is 6.71. The lowest BCUT2D eigenvalue weighted by molar-refractivity contribution is -0.284. The van der Waals surface area contributed by atoms with E-state index in [-0.39, 0.29) is 41.6 Å². The number of rotatable bonds is 14. The number of piperidine rings is 2. The van der Waals surface area contributed by atoms with E-state index in [1.165, 1.54) is 18.4 Å². The van der Waals surface area contributed by atoms with Gasteiger partial charge >= 0.3 is 18.2 Å². The molecule has 54 heavy (non-hydrogen) atoms. The molecular weight excluding hydrogens is 730 g/mol. The largest absolute Gasteiger partial charge is 0.453 e. The average Bonchev–Trinajstić information content (AvgIpc) is 3.46. The highest BCUT2D eigenvalue weighted by atomic mass is 32.2. The number of benzene rings is 1. The van der Waals surface area contributed by atoms with E-state index in [1.54, 1.807) is 0 Å². The topological polar surface area (TPSA) is 91.3 Å². The van der Waals surface area contributed by atoms with Crippen molar-refractivity contribution in [2.45, 2.75) is 127 Å².